The van der Waals surface area contributed by atoms with Crippen LogP contribution in [-0.2, 0) is 11.2 Å². The number of aryl methyl sites for hydroxylation is 1. The van der Waals surface area contributed by atoms with Crippen molar-refractivity contribution in [2.75, 3.05) is 5.75 Å². The van der Waals surface area contributed by atoms with Crippen molar-refractivity contribution in [3.63, 3.8) is 0 Å². The van der Waals surface area contributed by atoms with Crippen LogP contribution in [0, 0.1) is 12.7 Å². The van der Waals surface area contributed by atoms with Gasteiger partial charge in [-0.15, -0.1) is 0 Å². The van der Waals surface area contributed by atoms with Gasteiger partial charge in [0, 0.05) is 30.7 Å². The van der Waals surface area contributed by atoms with E-state index in [-0.39, 0.29) is 17.2 Å². The first-order valence-corrected chi connectivity index (χ1v) is 10.5. The number of benzene rings is 2. The highest BCUT2D eigenvalue weighted by Gasteiger charge is 2.19. The Morgan fingerprint density at radius 3 is 2.97 bits per heavy atom. The lowest BCUT2D eigenvalue weighted by atomic mass is 10.0. The molecule has 5 nitrogen and oxygen atoms in total. The molecule has 0 unspecified atom stereocenters. The highest BCUT2D eigenvalue weighted by atomic mass is 32.2. The van der Waals surface area contributed by atoms with Gasteiger partial charge in [-0.05, 0) is 48.7 Å². The van der Waals surface area contributed by atoms with Crippen LogP contribution in [-0.4, -0.2) is 27.2 Å². The van der Waals surface area contributed by atoms with Crippen molar-refractivity contribution in [2.24, 2.45) is 4.99 Å². The summed E-state index contributed by atoms with van der Waals surface area (Å²) in [6.07, 6.45) is 2.04. The highest BCUT2D eigenvalue weighted by molar-refractivity contribution is 7.99. The molecule has 1 aromatic heterocycles. The molecule has 1 aliphatic heterocycles. The number of thioether (sulfide) groups is 1. The van der Waals surface area contributed by atoms with Crippen LogP contribution in [0.5, 0.6) is 0 Å². The van der Waals surface area contributed by atoms with Crippen LogP contribution < -0.4 is 5.56 Å². The average Bonchev–Trinajstić information content (AvgIpc) is 3.08. The summed E-state index contributed by atoms with van der Waals surface area (Å²) in [5.74, 6) is 0.509. The number of halogens is 1. The third-order valence-corrected chi connectivity index (χ3v) is 5.86. The van der Waals surface area contributed by atoms with Gasteiger partial charge < -0.3 is 4.98 Å². The van der Waals surface area contributed by atoms with Crippen LogP contribution in [0.4, 0.5) is 10.1 Å². The molecule has 1 aliphatic rings. The number of aliphatic imine (C=N–C) groups is 1. The van der Waals surface area contributed by atoms with Crippen molar-refractivity contribution in [3.05, 3.63) is 63.7 Å². The Morgan fingerprint density at radius 1 is 1.28 bits per heavy atom. The fourth-order valence-electron chi connectivity index (χ4n) is 3.49. The number of rotatable bonds is 7. The molecule has 148 valence electrons. The molecule has 7 heteroatoms. The number of aromatic amines is 1. The zero-order valence-electron chi connectivity index (χ0n) is 16.0. The monoisotopic (exact) mass is 409 g/mol. The number of carbonyl (C=O) groups is 1. The third-order valence-electron chi connectivity index (χ3n) is 4.90. The second-order valence-corrected chi connectivity index (χ2v) is 8.21. The second kappa shape index (κ2) is 8.29. The molecule has 0 saturated carbocycles. The van der Waals surface area contributed by atoms with Crippen LogP contribution in [0.2, 0.25) is 0 Å². The Morgan fingerprint density at radius 2 is 2.10 bits per heavy atom. The number of hydrogen-bond donors (Lipinski definition) is 1. The average molecular weight is 409 g/mol. The van der Waals surface area contributed by atoms with E-state index in [0.717, 1.165) is 16.8 Å². The quantitative estimate of drug-likeness (QED) is 0.353. The number of nitrogens with zero attached hydrogens (tertiary/aromatic N) is 2. The number of H-pyrrole nitrogens is 1. The summed E-state index contributed by atoms with van der Waals surface area (Å²) in [7, 11) is 0. The maximum Gasteiger partial charge on any atom is 0.259 e. The standard InChI is InChI=1S/C22H20FN3O2S/c1-13-9-14(23)10-20-18(13)12-15(24-20)11-16(27)5-4-8-29-22-25-19-7-3-2-6-17(19)21(28)26-22/h2-3,6-7,9-10H,4-5,8,11-12H2,1H3,(H,25,26,28). The molecular weight excluding hydrogens is 389 g/mol. The van der Waals surface area contributed by atoms with E-state index in [1.165, 1.54) is 23.9 Å². The first kappa shape index (κ1) is 19.5. The van der Waals surface area contributed by atoms with Crippen LogP contribution in [0.3, 0.4) is 0 Å². The van der Waals surface area contributed by atoms with Gasteiger partial charge in [0.15, 0.2) is 5.16 Å². The van der Waals surface area contributed by atoms with Crippen LogP contribution in [0.1, 0.15) is 30.4 Å². The highest BCUT2D eigenvalue weighted by Crippen LogP contribution is 2.31. The molecule has 2 heterocycles. The largest absolute Gasteiger partial charge is 0.301 e. The van der Waals surface area contributed by atoms with Crippen molar-refractivity contribution in [1.82, 2.24) is 9.97 Å². The minimum Gasteiger partial charge on any atom is -0.301 e. The molecular formula is C22H20FN3O2S. The van der Waals surface area contributed by atoms with Gasteiger partial charge >= 0.3 is 0 Å². The SMILES string of the molecule is Cc1cc(F)cc2c1CC(CC(=O)CCCSc1nc3ccccc3c(=O)[nH]1)=N2. The molecule has 0 fully saturated rings. The summed E-state index contributed by atoms with van der Waals surface area (Å²) >= 11 is 1.44. The molecule has 0 spiro atoms. The molecule has 0 aliphatic carbocycles. The van der Waals surface area contributed by atoms with Crippen molar-refractivity contribution < 1.29 is 9.18 Å². The van der Waals surface area contributed by atoms with E-state index in [1.807, 2.05) is 25.1 Å². The summed E-state index contributed by atoms with van der Waals surface area (Å²) < 4.78 is 13.5. The molecule has 1 N–H and O–H groups in total. The summed E-state index contributed by atoms with van der Waals surface area (Å²) in [5.41, 5.74) is 3.84. The summed E-state index contributed by atoms with van der Waals surface area (Å²) in [4.78, 5) is 36.0. The number of hydrogen-bond acceptors (Lipinski definition) is 5. The van der Waals surface area contributed by atoms with E-state index in [0.29, 0.717) is 53.2 Å². The number of para-hydroxylation sites is 1. The van der Waals surface area contributed by atoms with Gasteiger partial charge in [-0.2, -0.15) is 0 Å². The van der Waals surface area contributed by atoms with Gasteiger partial charge in [0.2, 0.25) is 0 Å². The zero-order valence-corrected chi connectivity index (χ0v) is 16.8. The first-order valence-electron chi connectivity index (χ1n) is 9.48. The molecule has 0 amide bonds. The maximum atomic E-state index is 13.5. The number of aromatic nitrogens is 2. The van der Waals surface area contributed by atoms with Crippen LogP contribution in [0.25, 0.3) is 10.9 Å². The van der Waals surface area contributed by atoms with E-state index >= 15 is 0 Å². The smallest absolute Gasteiger partial charge is 0.259 e. The lowest BCUT2D eigenvalue weighted by Crippen LogP contribution is -2.10. The Hall–Kier alpha value is -2.80. The lowest BCUT2D eigenvalue weighted by molar-refractivity contribution is -0.117. The minimum absolute atomic E-state index is 0.121. The number of ketones is 1. The molecule has 0 bridgehead atoms. The molecule has 3 aromatic rings. The van der Waals surface area contributed by atoms with E-state index in [9.17, 15) is 14.0 Å². The van der Waals surface area contributed by atoms with Gasteiger partial charge in [-0.1, -0.05) is 23.9 Å². The van der Waals surface area contributed by atoms with Crippen molar-refractivity contribution in [1.29, 1.82) is 0 Å². The number of Topliss-reactive ketones (excluding diaryl/α,β-unsaturated/α-hetero) is 1. The number of nitrogens with one attached hydrogen (secondary N) is 1. The van der Waals surface area contributed by atoms with E-state index in [1.54, 1.807) is 6.07 Å². The topological polar surface area (TPSA) is 75.2 Å². The molecule has 4 rings (SSSR count). The lowest BCUT2D eigenvalue weighted by Gasteiger charge is -2.04. The van der Waals surface area contributed by atoms with Crippen molar-refractivity contribution >= 4 is 39.8 Å². The van der Waals surface area contributed by atoms with Crippen molar-refractivity contribution in [3.8, 4) is 0 Å². The molecule has 0 radical (unpaired) electrons. The third kappa shape index (κ3) is 4.45. The Labute approximate surface area is 171 Å². The fraction of sp³-hybridized carbons (Fsp3) is 0.273. The zero-order chi connectivity index (χ0) is 20.4. The summed E-state index contributed by atoms with van der Waals surface area (Å²) in [6.45, 7) is 1.87. The Bertz CT molecular complexity index is 1190. The first-order chi connectivity index (χ1) is 14.0. The van der Waals surface area contributed by atoms with Crippen LogP contribution in [0.15, 0.2) is 51.3 Å². The predicted molar refractivity (Wildman–Crippen MR) is 114 cm³/mol. The normalized spacial score (nSPS) is 12.8. The van der Waals surface area contributed by atoms with Gasteiger partial charge in [0.25, 0.3) is 5.56 Å². The van der Waals surface area contributed by atoms with Gasteiger partial charge in [0.05, 0.1) is 16.6 Å². The van der Waals surface area contributed by atoms with Crippen LogP contribution >= 0.6 is 11.8 Å². The number of carbonyl (C=O) groups excluding carboxylic acids is 1. The fourth-order valence-corrected chi connectivity index (χ4v) is 4.30. The molecule has 0 atom stereocenters. The summed E-state index contributed by atoms with van der Waals surface area (Å²) in [6, 6.07) is 10.1. The summed E-state index contributed by atoms with van der Waals surface area (Å²) in [5, 5.41) is 1.13. The molecule has 0 saturated heterocycles. The Balaban J connectivity index is 1.27. The predicted octanol–water partition coefficient (Wildman–Crippen LogP) is 4.53. The van der Waals surface area contributed by atoms with Gasteiger partial charge in [-0.25, -0.2) is 9.37 Å². The van der Waals surface area contributed by atoms with E-state index in [4.69, 9.17) is 0 Å². The maximum absolute atomic E-state index is 13.5. The van der Waals surface area contributed by atoms with Gasteiger partial charge in [-0.3, -0.25) is 14.6 Å². The van der Waals surface area contributed by atoms with E-state index < -0.39 is 0 Å². The molecule has 29 heavy (non-hydrogen) atoms. The minimum atomic E-state index is -0.296. The van der Waals surface area contributed by atoms with Crippen molar-refractivity contribution in [2.45, 2.75) is 37.8 Å². The Kier molecular flexibility index (Phi) is 5.58. The number of fused-ring (bicyclic) bond motifs is 2. The molecule has 2 aromatic carbocycles. The van der Waals surface area contributed by atoms with Gasteiger partial charge in [0.1, 0.15) is 11.6 Å². The second-order valence-electron chi connectivity index (χ2n) is 7.13. The van der Waals surface area contributed by atoms with E-state index in [2.05, 4.69) is 15.0 Å².